The third-order valence-electron chi connectivity index (χ3n) is 3.69. The Kier molecular flexibility index (Phi) is 4.65. The van der Waals surface area contributed by atoms with Gasteiger partial charge in [-0.2, -0.15) is 0 Å². The highest BCUT2D eigenvalue weighted by atomic mass is 16.5. The molecule has 1 N–H and O–H groups in total. The van der Waals surface area contributed by atoms with E-state index < -0.39 is 5.97 Å². The number of anilines is 2. The first-order chi connectivity index (χ1) is 12.2. The maximum atomic E-state index is 11.7. The van der Waals surface area contributed by atoms with Crippen LogP contribution in [-0.2, 0) is 4.74 Å². The Morgan fingerprint density at radius 3 is 2.48 bits per heavy atom. The fourth-order valence-electron chi connectivity index (χ4n) is 2.46. The van der Waals surface area contributed by atoms with Gasteiger partial charge in [0.2, 0.25) is 0 Å². The number of methoxy groups -OCH3 is 3. The molecule has 0 aliphatic rings. The first-order valence-electron chi connectivity index (χ1n) is 7.48. The van der Waals surface area contributed by atoms with Gasteiger partial charge in [-0.25, -0.2) is 14.8 Å². The van der Waals surface area contributed by atoms with Crippen LogP contribution in [0.1, 0.15) is 10.4 Å². The van der Waals surface area contributed by atoms with E-state index >= 15 is 0 Å². The maximum absolute atomic E-state index is 11.7. The number of nitrogens with one attached hydrogen (secondary N) is 1. The van der Waals surface area contributed by atoms with Crippen LogP contribution in [0.2, 0.25) is 0 Å². The highest BCUT2D eigenvalue weighted by Gasteiger charge is 2.12. The number of rotatable bonds is 5. The van der Waals surface area contributed by atoms with Crippen LogP contribution in [0.15, 0.2) is 42.7 Å². The molecule has 0 saturated carbocycles. The number of benzene rings is 2. The van der Waals surface area contributed by atoms with Crippen LogP contribution in [0.5, 0.6) is 11.5 Å². The largest absolute Gasteiger partial charge is 0.493 e. The zero-order chi connectivity index (χ0) is 17.8. The molecule has 7 heteroatoms. The van der Waals surface area contributed by atoms with Crippen LogP contribution in [0.4, 0.5) is 11.5 Å². The first-order valence-corrected chi connectivity index (χ1v) is 7.48. The first kappa shape index (κ1) is 16.5. The van der Waals surface area contributed by atoms with Crippen LogP contribution in [0, 0.1) is 0 Å². The van der Waals surface area contributed by atoms with E-state index in [1.54, 1.807) is 44.6 Å². The molecule has 0 unspecified atom stereocenters. The van der Waals surface area contributed by atoms with E-state index in [0.29, 0.717) is 34.1 Å². The van der Waals surface area contributed by atoms with Crippen LogP contribution >= 0.6 is 0 Å². The lowest BCUT2D eigenvalue weighted by molar-refractivity contribution is 0.0601. The predicted octanol–water partition coefficient (Wildman–Crippen LogP) is 3.18. The number of hydrogen-bond acceptors (Lipinski definition) is 7. The molecule has 0 atom stereocenters. The summed E-state index contributed by atoms with van der Waals surface area (Å²) in [6.07, 6.45) is 1.46. The van der Waals surface area contributed by atoms with E-state index in [9.17, 15) is 4.79 Å². The minimum atomic E-state index is -0.400. The van der Waals surface area contributed by atoms with Gasteiger partial charge in [0, 0.05) is 17.1 Å². The molecule has 0 spiro atoms. The normalized spacial score (nSPS) is 10.4. The lowest BCUT2D eigenvalue weighted by Crippen LogP contribution is -2.02. The molecule has 1 aromatic heterocycles. The Morgan fingerprint density at radius 2 is 1.76 bits per heavy atom. The molecule has 128 valence electrons. The van der Waals surface area contributed by atoms with Gasteiger partial charge in [-0.1, -0.05) is 6.07 Å². The van der Waals surface area contributed by atoms with Gasteiger partial charge in [0.25, 0.3) is 0 Å². The van der Waals surface area contributed by atoms with Crippen molar-refractivity contribution in [1.29, 1.82) is 0 Å². The number of nitrogens with zero attached hydrogens (tertiary/aromatic N) is 2. The second kappa shape index (κ2) is 7.04. The minimum Gasteiger partial charge on any atom is -0.493 e. The molecule has 0 aliphatic heterocycles. The Labute approximate surface area is 144 Å². The molecular formula is C18H17N3O4. The average Bonchev–Trinajstić information content (AvgIpc) is 2.66. The standard InChI is InChI=1S/C18H17N3O4/c1-23-15-8-13-14(9-16(15)24-2)19-10-20-17(13)21-12-6-4-5-11(7-12)18(22)25-3/h4-10H,1-3H3,(H,19,20,21). The fourth-order valence-corrected chi connectivity index (χ4v) is 2.46. The maximum Gasteiger partial charge on any atom is 0.337 e. The van der Waals surface area contributed by atoms with Gasteiger partial charge >= 0.3 is 5.97 Å². The number of carbonyl (C=O) groups is 1. The summed E-state index contributed by atoms with van der Waals surface area (Å²) in [5.41, 5.74) is 1.86. The van der Waals surface area contributed by atoms with E-state index in [1.165, 1.54) is 13.4 Å². The van der Waals surface area contributed by atoms with Crippen LogP contribution in [-0.4, -0.2) is 37.3 Å². The molecule has 0 radical (unpaired) electrons. The third kappa shape index (κ3) is 3.30. The lowest BCUT2D eigenvalue weighted by atomic mass is 10.2. The van der Waals surface area contributed by atoms with Gasteiger partial charge < -0.3 is 19.5 Å². The van der Waals surface area contributed by atoms with E-state index in [0.717, 1.165) is 5.39 Å². The quantitative estimate of drug-likeness (QED) is 0.715. The van der Waals surface area contributed by atoms with Crippen molar-refractivity contribution in [3.05, 3.63) is 48.3 Å². The van der Waals surface area contributed by atoms with Crippen molar-refractivity contribution in [2.75, 3.05) is 26.6 Å². The summed E-state index contributed by atoms with van der Waals surface area (Å²) < 4.78 is 15.4. The van der Waals surface area contributed by atoms with Crippen molar-refractivity contribution < 1.29 is 19.0 Å². The van der Waals surface area contributed by atoms with Crippen molar-refractivity contribution in [3.63, 3.8) is 0 Å². The third-order valence-corrected chi connectivity index (χ3v) is 3.69. The molecule has 3 rings (SSSR count). The zero-order valence-electron chi connectivity index (χ0n) is 14.1. The SMILES string of the molecule is COC(=O)c1cccc(Nc2ncnc3cc(OC)c(OC)cc23)c1. The molecule has 0 fully saturated rings. The minimum absolute atomic E-state index is 0.400. The van der Waals surface area contributed by atoms with Crippen molar-refractivity contribution in [2.24, 2.45) is 0 Å². The van der Waals surface area contributed by atoms with E-state index in [2.05, 4.69) is 15.3 Å². The summed E-state index contributed by atoms with van der Waals surface area (Å²) in [5, 5.41) is 3.97. The summed E-state index contributed by atoms with van der Waals surface area (Å²) in [7, 11) is 4.49. The predicted molar refractivity (Wildman–Crippen MR) is 93.7 cm³/mol. The van der Waals surface area contributed by atoms with Crippen LogP contribution in [0.25, 0.3) is 10.9 Å². The second-order valence-corrected chi connectivity index (χ2v) is 5.14. The summed E-state index contributed by atoms with van der Waals surface area (Å²) in [4.78, 5) is 20.2. The molecule has 1 heterocycles. The highest BCUT2D eigenvalue weighted by Crippen LogP contribution is 2.34. The molecule has 0 bridgehead atoms. The van der Waals surface area contributed by atoms with Gasteiger partial charge in [0.15, 0.2) is 11.5 Å². The Morgan fingerprint density at radius 1 is 1.00 bits per heavy atom. The summed E-state index contributed by atoms with van der Waals surface area (Å²) >= 11 is 0. The lowest BCUT2D eigenvalue weighted by Gasteiger charge is -2.12. The molecule has 0 aliphatic carbocycles. The Balaban J connectivity index is 2.03. The summed E-state index contributed by atoms with van der Waals surface area (Å²) in [6.45, 7) is 0. The Bertz CT molecular complexity index is 927. The van der Waals surface area contributed by atoms with Crippen LogP contribution < -0.4 is 14.8 Å². The van der Waals surface area contributed by atoms with Crippen molar-refractivity contribution in [1.82, 2.24) is 9.97 Å². The summed E-state index contributed by atoms with van der Waals surface area (Å²) in [5.74, 6) is 1.36. The summed E-state index contributed by atoms with van der Waals surface area (Å²) in [6, 6.07) is 10.6. The number of aromatic nitrogens is 2. The monoisotopic (exact) mass is 339 g/mol. The zero-order valence-corrected chi connectivity index (χ0v) is 14.1. The number of fused-ring (bicyclic) bond motifs is 1. The molecule has 7 nitrogen and oxygen atoms in total. The number of hydrogen-bond donors (Lipinski definition) is 1. The molecule has 0 saturated heterocycles. The smallest absolute Gasteiger partial charge is 0.337 e. The van der Waals surface area contributed by atoms with Gasteiger partial charge in [0.1, 0.15) is 12.1 Å². The highest BCUT2D eigenvalue weighted by molar-refractivity contribution is 5.94. The van der Waals surface area contributed by atoms with Gasteiger partial charge in [0.05, 0.1) is 32.4 Å². The number of ether oxygens (including phenoxy) is 3. The van der Waals surface area contributed by atoms with Gasteiger partial charge in [-0.05, 0) is 24.3 Å². The van der Waals surface area contributed by atoms with E-state index in [4.69, 9.17) is 14.2 Å². The van der Waals surface area contributed by atoms with Gasteiger partial charge in [-0.15, -0.1) is 0 Å². The second-order valence-electron chi connectivity index (χ2n) is 5.14. The molecular weight excluding hydrogens is 322 g/mol. The van der Waals surface area contributed by atoms with E-state index in [-0.39, 0.29) is 0 Å². The average molecular weight is 339 g/mol. The van der Waals surface area contributed by atoms with Crippen molar-refractivity contribution in [2.45, 2.75) is 0 Å². The molecule has 2 aromatic carbocycles. The number of esters is 1. The molecule has 0 amide bonds. The topological polar surface area (TPSA) is 82.6 Å². The van der Waals surface area contributed by atoms with Crippen molar-refractivity contribution >= 4 is 28.4 Å². The van der Waals surface area contributed by atoms with E-state index in [1.807, 2.05) is 6.07 Å². The number of carbonyl (C=O) groups excluding carboxylic acids is 1. The van der Waals surface area contributed by atoms with Crippen LogP contribution in [0.3, 0.4) is 0 Å². The Hall–Kier alpha value is -3.35. The molecule has 3 aromatic rings. The fraction of sp³-hybridized carbons (Fsp3) is 0.167. The van der Waals surface area contributed by atoms with Gasteiger partial charge in [-0.3, -0.25) is 0 Å². The van der Waals surface area contributed by atoms with Crippen molar-refractivity contribution in [3.8, 4) is 11.5 Å². The molecule has 25 heavy (non-hydrogen) atoms.